The SMILES string of the molecule is CC(=O)N1N=C(c2cccc([N+](=O)[O-])c2)OC1c1ccc(-c2ccc([N+](=O)[O-])cc2)o1. The van der Waals surface area contributed by atoms with Crippen LogP contribution in [-0.4, -0.2) is 26.7 Å². The summed E-state index contributed by atoms with van der Waals surface area (Å²) in [6, 6.07) is 14.7. The minimum Gasteiger partial charge on any atom is -0.455 e. The van der Waals surface area contributed by atoms with Gasteiger partial charge in [-0.25, -0.2) is 0 Å². The first-order chi connectivity index (χ1) is 14.8. The van der Waals surface area contributed by atoms with Crippen molar-refractivity contribution < 1.29 is 23.8 Å². The zero-order chi connectivity index (χ0) is 22.1. The number of nitro benzene ring substituents is 2. The molecule has 0 fully saturated rings. The van der Waals surface area contributed by atoms with Crippen LogP contribution in [-0.2, 0) is 9.53 Å². The first kappa shape index (κ1) is 19.8. The Hall–Kier alpha value is -4.54. The molecule has 1 aliphatic heterocycles. The van der Waals surface area contributed by atoms with E-state index in [-0.39, 0.29) is 23.0 Å². The molecule has 0 saturated carbocycles. The number of amides is 1. The van der Waals surface area contributed by atoms with Crippen LogP contribution in [0.5, 0.6) is 0 Å². The summed E-state index contributed by atoms with van der Waals surface area (Å²) >= 11 is 0. The Morgan fingerprint density at radius 3 is 2.32 bits per heavy atom. The van der Waals surface area contributed by atoms with Crippen LogP contribution in [0.4, 0.5) is 11.4 Å². The maximum absolute atomic E-state index is 12.1. The molecule has 1 amide bonds. The average Bonchev–Trinajstić information content (AvgIpc) is 3.41. The monoisotopic (exact) mass is 422 g/mol. The van der Waals surface area contributed by atoms with Crippen LogP contribution < -0.4 is 0 Å². The summed E-state index contributed by atoms with van der Waals surface area (Å²) in [5, 5.41) is 27.1. The van der Waals surface area contributed by atoms with Gasteiger partial charge in [-0.05, 0) is 30.3 Å². The van der Waals surface area contributed by atoms with E-state index in [0.717, 1.165) is 5.01 Å². The molecule has 31 heavy (non-hydrogen) atoms. The van der Waals surface area contributed by atoms with E-state index in [2.05, 4.69) is 5.10 Å². The third kappa shape index (κ3) is 3.83. The fourth-order valence-electron chi connectivity index (χ4n) is 3.01. The Kier molecular flexibility index (Phi) is 4.91. The zero-order valence-electron chi connectivity index (χ0n) is 16.0. The van der Waals surface area contributed by atoms with Crippen LogP contribution in [0.2, 0.25) is 0 Å². The van der Waals surface area contributed by atoms with Gasteiger partial charge in [-0.3, -0.25) is 25.0 Å². The molecule has 0 saturated heterocycles. The number of furan rings is 1. The number of hydrazone groups is 1. The quantitative estimate of drug-likeness (QED) is 0.447. The van der Waals surface area contributed by atoms with Gasteiger partial charge in [-0.1, -0.05) is 6.07 Å². The second kappa shape index (κ2) is 7.71. The molecular weight excluding hydrogens is 408 g/mol. The molecule has 0 N–H and O–H groups in total. The third-order valence-corrected chi connectivity index (χ3v) is 4.50. The highest BCUT2D eigenvalue weighted by Gasteiger charge is 2.35. The second-order valence-corrected chi connectivity index (χ2v) is 6.55. The van der Waals surface area contributed by atoms with Gasteiger partial charge >= 0.3 is 0 Å². The van der Waals surface area contributed by atoms with E-state index in [0.29, 0.717) is 16.9 Å². The highest BCUT2D eigenvalue weighted by molar-refractivity contribution is 5.96. The van der Waals surface area contributed by atoms with E-state index in [1.807, 2.05) is 0 Å². The number of rotatable bonds is 5. The molecule has 11 heteroatoms. The van der Waals surface area contributed by atoms with Crippen molar-refractivity contribution in [2.45, 2.75) is 13.2 Å². The molecule has 0 aliphatic carbocycles. The van der Waals surface area contributed by atoms with Gasteiger partial charge in [-0.15, -0.1) is 5.10 Å². The Morgan fingerprint density at radius 2 is 1.68 bits per heavy atom. The summed E-state index contributed by atoms with van der Waals surface area (Å²) in [6.45, 7) is 1.30. The molecule has 0 spiro atoms. The highest BCUT2D eigenvalue weighted by atomic mass is 16.6. The number of non-ortho nitro benzene ring substituents is 2. The van der Waals surface area contributed by atoms with Crippen molar-refractivity contribution in [2.24, 2.45) is 5.10 Å². The number of benzene rings is 2. The third-order valence-electron chi connectivity index (χ3n) is 4.50. The number of carbonyl (C=O) groups excluding carboxylic acids is 1. The number of hydrogen-bond donors (Lipinski definition) is 0. The Labute approximate surface area is 174 Å². The molecule has 3 aromatic rings. The number of nitro groups is 2. The first-order valence-electron chi connectivity index (χ1n) is 8.98. The molecule has 1 aromatic heterocycles. The van der Waals surface area contributed by atoms with Crippen molar-refractivity contribution in [1.82, 2.24) is 5.01 Å². The van der Waals surface area contributed by atoms with Crippen molar-refractivity contribution in [3.05, 3.63) is 92.2 Å². The van der Waals surface area contributed by atoms with Crippen molar-refractivity contribution in [1.29, 1.82) is 0 Å². The van der Waals surface area contributed by atoms with E-state index in [1.54, 1.807) is 30.3 Å². The summed E-state index contributed by atoms with van der Waals surface area (Å²) in [4.78, 5) is 32.9. The summed E-state index contributed by atoms with van der Waals surface area (Å²) in [5.41, 5.74) is 0.752. The minimum atomic E-state index is -1.00. The molecule has 2 heterocycles. The summed E-state index contributed by atoms with van der Waals surface area (Å²) in [6.07, 6.45) is -1.00. The van der Waals surface area contributed by atoms with Gasteiger partial charge in [0.25, 0.3) is 17.6 Å². The molecule has 2 aromatic carbocycles. The lowest BCUT2D eigenvalue weighted by molar-refractivity contribution is -0.385. The summed E-state index contributed by atoms with van der Waals surface area (Å²) < 4.78 is 11.6. The van der Waals surface area contributed by atoms with Crippen LogP contribution in [0.15, 0.2) is 70.2 Å². The molecule has 1 unspecified atom stereocenters. The topological polar surface area (TPSA) is 141 Å². The number of nitrogens with zero attached hydrogens (tertiary/aromatic N) is 4. The lowest BCUT2D eigenvalue weighted by Gasteiger charge is -2.16. The Balaban J connectivity index is 1.61. The minimum absolute atomic E-state index is 0.0391. The van der Waals surface area contributed by atoms with E-state index in [9.17, 15) is 25.0 Å². The van der Waals surface area contributed by atoms with Crippen molar-refractivity contribution in [2.75, 3.05) is 0 Å². The number of ether oxygens (including phenoxy) is 1. The normalized spacial score (nSPS) is 15.3. The summed E-state index contributed by atoms with van der Waals surface area (Å²) in [5.74, 6) is 0.310. The van der Waals surface area contributed by atoms with E-state index < -0.39 is 22.0 Å². The average molecular weight is 422 g/mol. The highest BCUT2D eigenvalue weighted by Crippen LogP contribution is 2.34. The molecule has 156 valence electrons. The standard InChI is InChI=1S/C20H14N4O7/c1-12(25)22-20(31-19(21-22)14-3-2-4-16(11-14)24(28)29)18-10-9-17(30-18)13-5-7-15(8-6-13)23(26)27/h2-11,20H,1H3. The fraction of sp³-hybridized carbons (Fsp3) is 0.100. The molecule has 1 atom stereocenters. The maximum Gasteiger partial charge on any atom is 0.270 e. The van der Waals surface area contributed by atoms with Crippen LogP contribution in [0.1, 0.15) is 24.5 Å². The zero-order valence-corrected chi connectivity index (χ0v) is 16.0. The molecule has 1 aliphatic rings. The molecule has 11 nitrogen and oxygen atoms in total. The Bertz CT molecular complexity index is 1220. The number of carbonyl (C=O) groups is 1. The van der Waals surface area contributed by atoms with Crippen molar-refractivity contribution in [3.8, 4) is 11.3 Å². The lowest BCUT2D eigenvalue weighted by atomic mass is 10.1. The van der Waals surface area contributed by atoms with Gasteiger partial charge in [0.15, 0.2) is 5.76 Å². The van der Waals surface area contributed by atoms with Gasteiger partial charge in [0.2, 0.25) is 11.8 Å². The van der Waals surface area contributed by atoms with Crippen LogP contribution in [0.25, 0.3) is 11.3 Å². The summed E-state index contributed by atoms with van der Waals surface area (Å²) in [7, 11) is 0. The van der Waals surface area contributed by atoms with Gasteiger partial charge in [-0.2, -0.15) is 5.01 Å². The van der Waals surface area contributed by atoms with E-state index >= 15 is 0 Å². The van der Waals surface area contributed by atoms with Crippen LogP contribution in [0, 0.1) is 20.2 Å². The largest absolute Gasteiger partial charge is 0.455 e. The second-order valence-electron chi connectivity index (χ2n) is 6.55. The first-order valence-corrected chi connectivity index (χ1v) is 8.98. The fourth-order valence-corrected chi connectivity index (χ4v) is 3.01. The van der Waals surface area contributed by atoms with Crippen LogP contribution in [0.3, 0.4) is 0 Å². The molecular formula is C20H14N4O7. The van der Waals surface area contributed by atoms with Gasteiger partial charge < -0.3 is 9.15 Å². The number of hydrogen-bond acceptors (Lipinski definition) is 8. The van der Waals surface area contributed by atoms with Crippen LogP contribution >= 0.6 is 0 Å². The molecule has 4 rings (SSSR count). The smallest absolute Gasteiger partial charge is 0.270 e. The van der Waals surface area contributed by atoms with Crippen molar-refractivity contribution in [3.63, 3.8) is 0 Å². The van der Waals surface area contributed by atoms with Crippen molar-refractivity contribution >= 4 is 23.2 Å². The maximum atomic E-state index is 12.1. The molecule has 0 bridgehead atoms. The predicted octanol–water partition coefficient (Wildman–Crippen LogP) is 4.00. The van der Waals surface area contributed by atoms with Gasteiger partial charge in [0, 0.05) is 42.3 Å². The van der Waals surface area contributed by atoms with Gasteiger partial charge in [0.1, 0.15) is 5.76 Å². The molecule has 0 radical (unpaired) electrons. The van der Waals surface area contributed by atoms with E-state index in [1.165, 1.54) is 37.3 Å². The Morgan fingerprint density at radius 1 is 0.968 bits per heavy atom. The van der Waals surface area contributed by atoms with Gasteiger partial charge in [0.05, 0.1) is 9.85 Å². The predicted molar refractivity (Wildman–Crippen MR) is 107 cm³/mol. The van der Waals surface area contributed by atoms with E-state index in [4.69, 9.17) is 9.15 Å². The lowest BCUT2D eigenvalue weighted by Crippen LogP contribution is -2.24.